The maximum Gasteiger partial charge on any atom is 0.194 e. The normalized spacial score (nSPS) is 16.3. The Hall–Kier alpha value is -1.76. The molecule has 0 radical (unpaired) electrons. The van der Waals surface area contributed by atoms with Crippen molar-refractivity contribution in [2.75, 3.05) is 33.2 Å². The molecule has 1 fully saturated rings. The second kappa shape index (κ2) is 8.56. The number of rotatable bonds is 4. The molecule has 1 aromatic carbocycles. The van der Waals surface area contributed by atoms with Crippen LogP contribution in [0.25, 0.3) is 0 Å². The van der Waals surface area contributed by atoms with E-state index in [1.807, 2.05) is 18.2 Å². The second-order valence-corrected chi connectivity index (χ2v) is 6.73. The van der Waals surface area contributed by atoms with Crippen LogP contribution < -0.4 is 5.32 Å². The minimum absolute atomic E-state index is 0.613. The van der Waals surface area contributed by atoms with Crippen molar-refractivity contribution in [2.24, 2.45) is 4.99 Å². The Balaban J connectivity index is 1.50. The van der Waals surface area contributed by atoms with Crippen molar-refractivity contribution >= 4 is 29.2 Å². The molecular weight excluding hydrogens is 361 g/mol. The van der Waals surface area contributed by atoms with Crippen molar-refractivity contribution in [3.8, 4) is 0 Å². The van der Waals surface area contributed by atoms with Gasteiger partial charge in [-0.3, -0.25) is 9.89 Å². The summed E-state index contributed by atoms with van der Waals surface area (Å²) >= 11 is 12.2. The Bertz CT molecular complexity index is 712. The van der Waals surface area contributed by atoms with Gasteiger partial charge >= 0.3 is 0 Å². The van der Waals surface area contributed by atoms with Gasteiger partial charge in [0.1, 0.15) is 6.26 Å². The molecular formula is C17H21Cl2N5O. The van der Waals surface area contributed by atoms with Crippen LogP contribution >= 0.6 is 23.2 Å². The van der Waals surface area contributed by atoms with Crippen molar-refractivity contribution in [3.05, 3.63) is 51.8 Å². The predicted molar refractivity (Wildman–Crippen MR) is 100 cm³/mol. The van der Waals surface area contributed by atoms with Crippen LogP contribution in [0.1, 0.15) is 11.3 Å². The summed E-state index contributed by atoms with van der Waals surface area (Å²) in [5.74, 6) is 0.882. The van der Waals surface area contributed by atoms with Crippen molar-refractivity contribution in [1.82, 2.24) is 20.3 Å². The van der Waals surface area contributed by atoms with Gasteiger partial charge in [0.15, 0.2) is 5.96 Å². The number of nitrogens with zero attached hydrogens (tertiary/aromatic N) is 4. The maximum atomic E-state index is 6.23. The molecule has 1 aliphatic rings. The highest BCUT2D eigenvalue weighted by Gasteiger charge is 2.20. The molecule has 25 heavy (non-hydrogen) atoms. The number of benzene rings is 1. The molecule has 0 saturated carbocycles. The first-order chi connectivity index (χ1) is 12.2. The number of aliphatic imine (C=N–C) groups is 1. The molecule has 0 unspecified atom stereocenters. The van der Waals surface area contributed by atoms with Crippen molar-refractivity contribution in [2.45, 2.75) is 13.1 Å². The summed E-state index contributed by atoms with van der Waals surface area (Å²) in [6.45, 7) is 5.15. The Labute approximate surface area is 157 Å². The van der Waals surface area contributed by atoms with Gasteiger partial charge in [-0.05, 0) is 17.7 Å². The largest absolute Gasteiger partial charge is 0.364 e. The van der Waals surface area contributed by atoms with E-state index < -0.39 is 0 Å². The van der Waals surface area contributed by atoms with Gasteiger partial charge in [0.2, 0.25) is 0 Å². The third-order valence-corrected chi connectivity index (χ3v) is 4.80. The van der Waals surface area contributed by atoms with Crippen LogP contribution in [0.5, 0.6) is 0 Å². The van der Waals surface area contributed by atoms with Crippen LogP contribution in [0.15, 0.2) is 40.0 Å². The summed E-state index contributed by atoms with van der Waals surface area (Å²) in [5.41, 5.74) is 1.96. The van der Waals surface area contributed by atoms with E-state index in [0.29, 0.717) is 16.6 Å². The molecule has 0 amide bonds. The zero-order valence-corrected chi connectivity index (χ0v) is 15.6. The van der Waals surface area contributed by atoms with Crippen LogP contribution in [0, 0.1) is 0 Å². The summed E-state index contributed by atoms with van der Waals surface area (Å²) < 4.78 is 4.89. The van der Waals surface area contributed by atoms with E-state index >= 15 is 0 Å². The topological polar surface area (TPSA) is 56.9 Å². The molecule has 6 nitrogen and oxygen atoms in total. The fraction of sp³-hybridized carbons (Fsp3) is 0.412. The van der Waals surface area contributed by atoms with Gasteiger partial charge in [-0.1, -0.05) is 34.4 Å². The van der Waals surface area contributed by atoms with Gasteiger partial charge in [-0.2, -0.15) is 0 Å². The molecule has 8 heteroatoms. The van der Waals surface area contributed by atoms with Crippen molar-refractivity contribution in [1.29, 1.82) is 0 Å². The molecule has 2 heterocycles. The maximum absolute atomic E-state index is 6.23. The minimum Gasteiger partial charge on any atom is -0.364 e. The van der Waals surface area contributed by atoms with Gasteiger partial charge in [0, 0.05) is 62.4 Å². The number of halogens is 2. The van der Waals surface area contributed by atoms with Gasteiger partial charge < -0.3 is 14.7 Å². The lowest BCUT2D eigenvalue weighted by Gasteiger charge is -2.36. The van der Waals surface area contributed by atoms with Gasteiger partial charge in [-0.25, -0.2) is 0 Å². The number of piperazine rings is 1. The highest BCUT2D eigenvalue weighted by atomic mass is 35.5. The molecule has 134 valence electrons. The molecule has 1 saturated heterocycles. The molecule has 0 atom stereocenters. The van der Waals surface area contributed by atoms with E-state index in [1.165, 1.54) is 0 Å². The first-order valence-electron chi connectivity index (χ1n) is 8.17. The number of nitrogens with one attached hydrogen (secondary N) is 1. The van der Waals surface area contributed by atoms with Gasteiger partial charge in [-0.15, -0.1) is 0 Å². The standard InChI is InChI=1S/C17H21Cl2N5O/c1-20-17(21-11-13-2-3-14(18)10-16(13)19)24-7-5-23(6-8-24)12-15-4-9-25-22-15/h2-4,9-10H,5-8,11-12H2,1H3,(H,20,21). The first-order valence-corrected chi connectivity index (χ1v) is 8.92. The van der Waals surface area contributed by atoms with Crippen molar-refractivity contribution in [3.63, 3.8) is 0 Å². The SMILES string of the molecule is CN=C(NCc1ccc(Cl)cc1Cl)N1CCN(Cc2ccon2)CC1. The van der Waals surface area contributed by atoms with E-state index in [1.54, 1.807) is 19.4 Å². The zero-order chi connectivity index (χ0) is 17.6. The van der Waals surface area contributed by atoms with E-state index in [-0.39, 0.29) is 0 Å². The van der Waals surface area contributed by atoms with Crippen LogP contribution in [0.2, 0.25) is 10.0 Å². The van der Waals surface area contributed by atoms with E-state index in [2.05, 4.69) is 25.3 Å². The first kappa shape index (κ1) is 18.0. The van der Waals surface area contributed by atoms with Gasteiger partial charge in [0.05, 0.1) is 5.69 Å². The lowest BCUT2D eigenvalue weighted by molar-refractivity contribution is 0.169. The van der Waals surface area contributed by atoms with Crippen LogP contribution in [-0.4, -0.2) is 54.1 Å². The lowest BCUT2D eigenvalue weighted by Crippen LogP contribution is -2.52. The summed E-state index contributed by atoms with van der Waals surface area (Å²) in [5, 5.41) is 8.65. The highest BCUT2D eigenvalue weighted by Crippen LogP contribution is 2.20. The molecule has 0 bridgehead atoms. The van der Waals surface area contributed by atoms with Crippen LogP contribution in [-0.2, 0) is 13.1 Å². The van der Waals surface area contributed by atoms with E-state index in [0.717, 1.165) is 49.9 Å². The van der Waals surface area contributed by atoms with Crippen LogP contribution in [0.4, 0.5) is 0 Å². The molecule has 0 aliphatic carbocycles. The Morgan fingerprint density at radius 1 is 1.24 bits per heavy atom. The third-order valence-electron chi connectivity index (χ3n) is 4.21. The smallest absolute Gasteiger partial charge is 0.194 e. The second-order valence-electron chi connectivity index (χ2n) is 5.89. The third kappa shape index (κ3) is 4.87. The summed E-state index contributed by atoms with van der Waals surface area (Å²) in [4.78, 5) is 9.00. The minimum atomic E-state index is 0.613. The average Bonchev–Trinajstić information content (AvgIpc) is 3.11. The molecule has 1 aliphatic heterocycles. The molecule has 1 N–H and O–H groups in total. The predicted octanol–water partition coefficient (Wildman–Crippen LogP) is 2.87. The van der Waals surface area contributed by atoms with E-state index in [4.69, 9.17) is 27.7 Å². The average molecular weight is 382 g/mol. The Morgan fingerprint density at radius 3 is 2.68 bits per heavy atom. The summed E-state index contributed by atoms with van der Waals surface area (Å²) in [6.07, 6.45) is 1.61. The number of hydrogen-bond acceptors (Lipinski definition) is 4. The fourth-order valence-electron chi connectivity index (χ4n) is 2.84. The number of hydrogen-bond donors (Lipinski definition) is 1. The molecule has 3 rings (SSSR count). The molecule has 0 spiro atoms. The number of aromatic nitrogens is 1. The molecule has 1 aromatic heterocycles. The lowest BCUT2D eigenvalue weighted by atomic mass is 10.2. The monoisotopic (exact) mass is 381 g/mol. The molecule has 2 aromatic rings. The van der Waals surface area contributed by atoms with E-state index in [9.17, 15) is 0 Å². The highest BCUT2D eigenvalue weighted by molar-refractivity contribution is 6.35. The quantitative estimate of drug-likeness (QED) is 0.651. The Kier molecular flexibility index (Phi) is 6.18. The summed E-state index contributed by atoms with van der Waals surface area (Å²) in [6, 6.07) is 7.44. The summed E-state index contributed by atoms with van der Waals surface area (Å²) in [7, 11) is 1.80. The van der Waals surface area contributed by atoms with Gasteiger partial charge in [0.25, 0.3) is 0 Å². The number of guanidine groups is 1. The Morgan fingerprint density at radius 2 is 2.04 bits per heavy atom. The zero-order valence-electron chi connectivity index (χ0n) is 14.1. The fourth-order valence-corrected chi connectivity index (χ4v) is 3.31. The van der Waals surface area contributed by atoms with Crippen LogP contribution in [0.3, 0.4) is 0 Å². The van der Waals surface area contributed by atoms with Crippen molar-refractivity contribution < 1.29 is 4.52 Å².